The summed E-state index contributed by atoms with van der Waals surface area (Å²) in [5, 5.41) is 21.8. The highest BCUT2D eigenvalue weighted by Crippen LogP contribution is 2.36. The third-order valence-electron chi connectivity index (χ3n) is 3.83. The van der Waals surface area contributed by atoms with Gasteiger partial charge in [-0.3, -0.25) is 0 Å². The molecule has 1 fully saturated rings. The number of carbonyl (C=O) groups is 1. The maximum Gasteiger partial charge on any atom is 0.329 e. The molecule has 2 N–H and O–H groups in total. The number of hydrogen-bond acceptors (Lipinski definition) is 3. The van der Waals surface area contributed by atoms with Gasteiger partial charge in [-0.1, -0.05) is 31.9 Å². The van der Waals surface area contributed by atoms with Crippen LogP contribution in [0.5, 0.6) is 0 Å². The van der Waals surface area contributed by atoms with Crippen molar-refractivity contribution < 1.29 is 9.90 Å². The van der Waals surface area contributed by atoms with Crippen molar-refractivity contribution in [2.75, 3.05) is 5.32 Å². The Hall–Kier alpha value is -2.02. The van der Waals surface area contributed by atoms with E-state index in [1.54, 1.807) is 18.2 Å². The van der Waals surface area contributed by atoms with Crippen molar-refractivity contribution in [3.05, 3.63) is 29.8 Å². The molecule has 1 aliphatic rings. The van der Waals surface area contributed by atoms with Gasteiger partial charge in [0.2, 0.25) is 0 Å². The van der Waals surface area contributed by atoms with E-state index in [1.165, 1.54) is 0 Å². The molecule has 0 spiro atoms. The summed E-state index contributed by atoms with van der Waals surface area (Å²) >= 11 is 0. The van der Waals surface area contributed by atoms with Gasteiger partial charge >= 0.3 is 5.97 Å². The minimum atomic E-state index is -0.940. The van der Waals surface area contributed by atoms with E-state index in [0.717, 1.165) is 12.8 Å². The van der Waals surface area contributed by atoms with E-state index < -0.39 is 11.5 Å². The Morgan fingerprint density at radius 1 is 1.53 bits per heavy atom. The summed E-state index contributed by atoms with van der Waals surface area (Å²) in [7, 11) is 0. The van der Waals surface area contributed by atoms with Crippen molar-refractivity contribution in [2.24, 2.45) is 5.92 Å². The quantitative estimate of drug-likeness (QED) is 0.874. The average molecular weight is 258 g/mol. The molecule has 1 saturated carbocycles. The second kappa shape index (κ2) is 5.31. The van der Waals surface area contributed by atoms with Gasteiger partial charge in [0, 0.05) is 0 Å². The minimum Gasteiger partial charge on any atom is -0.480 e. The highest BCUT2D eigenvalue weighted by atomic mass is 16.4. The standard InChI is InChI=1S/C15H18N2O2/c1-11-5-4-8-15(9-11,14(18)19)17-13-7-3-2-6-12(13)10-16/h2-3,6-7,11,17H,4-5,8-9H2,1H3,(H,18,19). The van der Waals surface area contributed by atoms with Crippen molar-refractivity contribution in [2.45, 2.75) is 38.1 Å². The zero-order valence-corrected chi connectivity index (χ0v) is 11.0. The number of rotatable bonds is 3. The van der Waals surface area contributed by atoms with Gasteiger partial charge in [-0.25, -0.2) is 4.79 Å². The lowest BCUT2D eigenvalue weighted by molar-refractivity contribution is -0.144. The van der Waals surface area contributed by atoms with E-state index in [9.17, 15) is 9.90 Å². The number of anilines is 1. The number of nitrogens with one attached hydrogen (secondary N) is 1. The Balaban J connectivity index is 2.31. The van der Waals surface area contributed by atoms with Crippen molar-refractivity contribution in [1.29, 1.82) is 5.26 Å². The fourth-order valence-corrected chi connectivity index (χ4v) is 2.86. The Bertz CT molecular complexity index is 521. The first-order valence-electron chi connectivity index (χ1n) is 6.58. The van der Waals surface area contributed by atoms with Crippen molar-refractivity contribution in [3.8, 4) is 6.07 Å². The predicted molar refractivity (Wildman–Crippen MR) is 72.8 cm³/mol. The Morgan fingerprint density at radius 3 is 2.89 bits per heavy atom. The number of benzene rings is 1. The lowest BCUT2D eigenvalue weighted by Crippen LogP contribution is -2.49. The fraction of sp³-hybridized carbons (Fsp3) is 0.467. The molecule has 1 aromatic carbocycles. The summed E-state index contributed by atoms with van der Waals surface area (Å²) in [4.78, 5) is 11.7. The second-order valence-electron chi connectivity index (χ2n) is 5.37. The zero-order chi connectivity index (χ0) is 13.9. The molecular weight excluding hydrogens is 240 g/mol. The number of hydrogen-bond donors (Lipinski definition) is 2. The fourth-order valence-electron chi connectivity index (χ4n) is 2.86. The van der Waals surface area contributed by atoms with Crippen molar-refractivity contribution in [1.82, 2.24) is 0 Å². The van der Waals surface area contributed by atoms with E-state index in [0.29, 0.717) is 30.0 Å². The number of para-hydroxylation sites is 1. The first kappa shape index (κ1) is 13.4. The number of nitrogens with zero attached hydrogens (tertiary/aromatic N) is 1. The van der Waals surface area contributed by atoms with E-state index in [-0.39, 0.29) is 0 Å². The maximum absolute atomic E-state index is 11.7. The molecule has 1 aliphatic carbocycles. The van der Waals surface area contributed by atoms with Gasteiger partial charge in [0.05, 0.1) is 11.3 Å². The summed E-state index contributed by atoms with van der Waals surface area (Å²) in [5.74, 6) is -0.446. The van der Waals surface area contributed by atoms with Crippen LogP contribution in [0.4, 0.5) is 5.69 Å². The van der Waals surface area contributed by atoms with Crippen LogP contribution in [-0.2, 0) is 4.79 Å². The third kappa shape index (κ3) is 2.70. The molecule has 19 heavy (non-hydrogen) atoms. The summed E-state index contributed by atoms with van der Waals surface area (Å²) in [6.45, 7) is 2.08. The van der Waals surface area contributed by atoms with Gasteiger partial charge in [-0.2, -0.15) is 5.26 Å². The first-order valence-corrected chi connectivity index (χ1v) is 6.58. The molecule has 0 bridgehead atoms. The summed E-state index contributed by atoms with van der Waals surface area (Å²) in [6.07, 6.45) is 3.17. The van der Waals surface area contributed by atoms with E-state index in [1.807, 2.05) is 6.07 Å². The minimum absolute atomic E-state index is 0.381. The van der Waals surface area contributed by atoms with Gasteiger partial charge in [-0.05, 0) is 30.9 Å². The molecule has 100 valence electrons. The van der Waals surface area contributed by atoms with E-state index >= 15 is 0 Å². The number of carboxylic acid groups (broad SMARTS) is 1. The van der Waals surface area contributed by atoms with Crippen LogP contribution in [0.15, 0.2) is 24.3 Å². The van der Waals surface area contributed by atoms with Gasteiger partial charge in [-0.15, -0.1) is 0 Å². The predicted octanol–water partition coefficient (Wildman–Crippen LogP) is 3.00. The smallest absolute Gasteiger partial charge is 0.329 e. The summed E-state index contributed by atoms with van der Waals surface area (Å²) in [5.41, 5.74) is 0.160. The van der Waals surface area contributed by atoms with Crippen molar-refractivity contribution >= 4 is 11.7 Å². The third-order valence-corrected chi connectivity index (χ3v) is 3.83. The van der Waals surface area contributed by atoms with Crippen LogP contribution < -0.4 is 5.32 Å². The molecule has 0 radical (unpaired) electrons. The second-order valence-corrected chi connectivity index (χ2v) is 5.37. The first-order chi connectivity index (χ1) is 9.07. The van der Waals surface area contributed by atoms with Crippen LogP contribution in [0.1, 0.15) is 38.2 Å². The highest BCUT2D eigenvalue weighted by Gasteiger charge is 2.42. The molecule has 0 aliphatic heterocycles. The largest absolute Gasteiger partial charge is 0.480 e. The SMILES string of the molecule is CC1CCCC(Nc2ccccc2C#N)(C(=O)O)C1. The highest BCUT2D eigenvalue weighted by molar-refractivity contribution is 5.83. The molecule has 0 amide bonds. The van der Waals surface area contributed by atoms with Crippen LogP contribution in [0, 0.1) is 17.2 Å². The van der Waals surface area contributed by atoms with Crippen LogP contribution >= 0.6 is 0 Å². The molecule has 0 saturated heterocycles. The molecule has 4 nitrogen and oxygen atoms in total. The Labute approximate surface area is 113 Å². The van der Waals surface area contributed by atoms with Crippen LogP contribution in [-0.4, -0.2) is 16.6 Å². The Morgan fingerprint density at radius 2 is 2.26 bits per heavy atom. The van der Waals surface area contributed by atoms with Gasteiger partial charge < -0.3 is 10.4 Å². The molecule has 2 rings (SSSR count). The van der Waals surface area contributed by atoms with E-state index in [2.05, 4.69) is 18.3 Å². The number of aliphatic carboxylic acids is 1. The van der Waals surface area contributed by atoms with Gasteiger partial charge in [0.1, 0.15) is 11.6 Å². The van der Waals surface area contributed by atoms with Crippen LogP contribution in [0.2, 0.25) is 0 Å². The van der Waals surface area contributed by atoms with Gasteiger partial charge in [0.25, 0.3) is 0 Å². The zero-order valence-electron chi connectivity index (χ0n) is 11.0. The number of carboxylic acids is 1. The molecular formula is C15H18N2O2. The monoisotopic (exact) mass is 258 g/mol. The lowest BCUT2D eigenvalue weighted by Gasteiger charge is -2.38. The lowest BCUT2D eigenvalue weighted by atomic mass is 9.76. The molecule has 4 heteroatoms. The Kier molecular flexibility index (Phi) is 3.75. The molecule has 0 heterocycles. The number of nitriles is 1. The van der Waals surface area contributed by atoms with Crippen LogP contribution in [0.3, 0.4) is 0 Å². The molecule has 2 atom stereocenters. The van der Waals surface area contributed by atoms with E-state index in [4.69, 9.17) is 5.26 Å². The topological polar surface area (TPSA) is 73.1 Å². The molecule has 2 unspecified atom stereocenters. The molecule has 1 aromatic rings. The van der Waals surface area contributed by atoms with Gasteiger partial charge in [0.15, 0.2) is 0 Å². The summed E-state index contributed by atoms with van der Waals surface area (Å²) < 4.78 is 0. The average Bonchev–Trinajstić information content (AvgIpc) is 2.39. The van der Waals surface area contributed by atoms with Crippen LogP contribution in [0.25, 0.3) is 0 Å². The summed E-state index contributed by atoms with van der Waals surface area (Å²) in [6, 6.07) is 9.15. The van der Waals surface area contributed by atoms with Crippen molar-refractivity contribution in [3.63, 3.8) is 0 Å². The molecule has 0 aromatic heterocycles. The maximum atomic E-state index is 11.7. The normalized spacial score (nSPS) is 26.4.